The highest BCUT2D eigenvalue weighted by Crippen LogP contribution is 2.21. The van der Waals surface area contributed by atoms with E-state index in [9.17, 15) is 0 Å². The molecule has 0 spiro atoms. The van der Waals surface area contributed by atoms with E-state index in [0.717, 1.165) is 16.0 Å². The van der Waals surface area contributed by atoms with Crippen LogP contribution in [-0.4, -0.2) is 8.07 Å². The molecule has 0 nitrogen and oxygen atoms in total. The fraction of sp³-hybridized carbons (Fsp3) is 0.158. The highest BCUT2D eigenvalue weighted by atomic mass is 32.2. The molecule has 0 aliphatic rings. The van der Waals surface area contributed by atoms with Crippen molar-refractivity contribution in [1.29, 1.82) is 0 Å². The third-order valence-electron chi connectivity index (χ3n) is 2.59. The summed E-state index contributed by atoms with van der Waals surface area (Å²) in [6.45, 7) is 6.76. The summed E-state index contributed by atoms with van der Waals surface area (Å²) in [5, 5.41) is 3.17. The van der Waals surface area contributed by atoms with Crippen LogP contribution in [0.3, 0.4) is 0 Å². The van der Waals surface area contributed by atoms with E-state index in [4.69, 9.17) is 0 Å². The normalized spacial score (nSPS) is 10.0. The van der Waals surface area contributed by atoms with Gasteiger partial charge in [0.05, 0.1) is 0 Å². The second kappa shape index (κ2) is 7.23. The maximum absolute atomic E-state index is 3.41. The summed E-state index contributed by atoms with van der Waals surface area (Å²) in [6, 6.07) is 18.3. The Kier molecular flexibility index (Phi) is 5.34. The Morgan fingerprint density at radius 1 is 0.810 bits per heavy atom. The molecule has 0 radical (unpaired) electrons. The minimum Gasteiger partial charge on any atom is -0.127 e. The Morgan fingerprint density at radius 2 is 1.48 bits per heavy atom. The van der Waals surface area contributed by atoms with Crippen molar-refractivity contribution in [1.82, 2.24) is 0 Å². The van der Waals surface area contributed by atoms with Crippen molar-refractivity contribution in [2.24, 2.45) is 0 Å². The second-order valence-corrected chi connectivity index (χ2v) is 11.3. The van der Waals surface area contributed by atoms with Crippen LogP contribution in [0.1, 0.15) is 11.1 Å². The van der Waals surface area contributed by atoms with E-state index in [1.54, 1.807) is 11.8 Å². The third-order valence-corrected chi connectivity index (χ3v) is 4.24. The van der Waals surface area contributed by atoms with Crippen LogP contribution in [0, 0.1) is 22.6 Å². The fourth-order valence-corrected chi connectivity index (χ4v) is 2.74. The highest BCUT2D eigenvalue weighted by Gasteiger charge is 2.08. The van der Waals surface area contributed by atoms with Gasteiger partial charge < -0.3 is 0 Å². The van der Waals surface area contributed by atoms with Gasteiger partial charge in [-0.25, -0.2) is 0 Å². The van der Waals surface area contributed by atoms with Gasteiger partial charge in [-0.15, -0.1) is 5.54 Å². The van der Waals surface area contributed by atoms with Gasteiger partial charge in [-0.3, -0.25) is 0 Å². The van der Waals surface area contributed by atoms with E-state index >= 15 is 0 Å². The first-order chi connectivity index (χ1) is 10.0. The predicted octanol–water partition coefficient (Wildman–Crippen LogP) is 5.02. The lowest BCUT2D eigenvalue weighted by molar-refractivity contribution is 1.42. The molecule has 0 aliphatic heterocycles. The molecule has 0 amide bonds. The Labute approximate surface area is 133 Å². The number of rotatable bonds is 1. The third kappa shape index (κ3) is 5.56. The van der Waals surface area contributed by atoms with E-state index in [2.05, 4.69) is 54.4 Å². The number of hydrogen-bond acceptors (Lipinski definition) is 1. The molecule has 0 N–H and O–H groups in total. The topological polar surface area (TPSA) is 0 Å². The Balaban J connectivity index is 2.18. The van der Waals surface area contributed by atoms with Crippen LogP contribution in [0.25, 0.3) is 0 Å². The predicted molar refractivity (Wildman–Crippen MR) is 95.8 cm³/mol. The first kappa shape index (κ1) is 15.5. The Morgan fingerprint density at radius 3 is 2.19 bits per heavy atom. The van der Waals surface area contributed by atoms with Crippen molar-refractivity contribution < 1.29 is 0 Å². The molecule has 0 bridgehead atoms. The summed E-state index contributed by atoms with van der Waals surface area (Å²) in [7, 11) is -1.35. The maximum atomic E-state index is 3.41. The number of benzene rings is 2. The summed E-state index contributed by atoms with van der Waals surface area (Å²) < 4.78 is 0. The summed E-state index contributed by atoms with van der Waals surface area (Å²) in [5.74, 6) is 6.49. The molecule has 0 aromatic heterocycles. The number of hydrogen-bond donors (Lipinski definition) is 0. The monoisotopic (exact) mass is 306 g/mol. The molecule has 0 unspecified atom stereocenters. The summed E-state index contributed by atoms with van der Waals surface area (Å²) in [5.41, 5.74) is 5.53. The average Bonchev–Trinajstić information content (AvgIpc) is 2.46. The van der Waals surface area contributed by atoms with Gasteiger partial charge in [0.2, 0.25) is 0 Å². The lowest BCUT2D eigenvalue weighted by Gasteiger charge is -2.04. The molecule has 2 aromatic rings. The van der Waals surface area contributed by atoms with Crippen molar-refractivity contribution >= 4 is 19.8 Å². The molecular formula is C19H18SSi. The zero-order chi connectivity index (χ0) is 15.1. The van der Waals surface area contributed by atoms with Crippen LogP contribution < -0.4 is 0 Å². The van der Waals surface area contributed by atoms with Crippen LogP contribution in [-0.2, 0) is 0 Å². The molecule has 2 aromatic carbocycles. The summed E-state index contributed by atoms with van der Waals surface area (Å²) in [4.78, 5) is 1.13. The van der Waals surface area contributed by atoms with Crippen molar-refractivity contribution in [2.45, 2.75) is 24.5 Å². The highest BCUT2D eigenvalue weighted by molar-refractivity contribution is 8.04. The molecular weight excluding hydrogens is 288 g/mol. The van der Waals surface area contributed by atoms with Gasteiger partial charge >= 0.3 is 0 Å². The van der Waals surface area contributed by atoms with Gasteiger partial charge in [0.1, 0.15) is 8.07 Å². The zero-order valence-corrected chi connectivity index (χ0v) is 14.4. The van der Waals surface area contributed by atoms with Crippen LogP contribution in [0.15, 0.2) is 59.5 Å². The molecule has 21 heavy (non-hydrogen) atoms. The van der Waals surface area contributed by atoms with Crippen molar-refractivity contribution in [2.75, 3.05) is 0 Å². The van der Waals surface area contributed by atoms with Gasteiger partial charge in [0.15, 0.2) is 0 Å². The number of thioether (sulfide) groups is 1. The smallest absolute Gasteiger partial charge is 0.127 e. The first-order valence-electron chi connectivity index (χ1n) is 6.90. The molecule has 2 rings (SSSR count). The molecule has 0 fully saturated rings. The zero-order valence-electron chi connectivity index (χ0n) is 12.6. The van der Waals surface area contributed by atoms with E-state index in [-0.39, 0.29) is 0 Å². The van der Waals surface area contributed by atoms with Crippen LogP contribution in [0.5, 0.6) is 0 Å². The van der Waals surface area contributed by atoms with Gasteiger partial charge in [-0.1, -0.05) is 61.8 Å². The molecule has 0 saturated carbocycles. The largest absolute Gasteiger partial charge is 0.129 e. The second-order valence-electron chi connectivity index (χ2n) is 5.69. The van der Waals surface area contributed by atoms with E-state index in [0.29, 0.717) is 0 Å². The minimum absolute atomic E-state index is 1.04. The average molecular weight is 307 g/mol. The van der Waals surface area contributed by atoms with Gasteiger partial charge in [0, 0.05) is 16.0 Å². The quantitative estimate of drug-likeness (QED) is 0.405. The molecule has 104 valence electrons. The van der Waals surface area contributed by atoms with Gasteiger partial charge in [0.25, 0.3) is 0 Å². The first-order valence-corrected chi connectivity index (χ1v) is 11.2. The van der Waals surface area contributed by atoms with Crippen LogP contribution in [0.4, 0.5) is 0 Å². The van der Waals surface area contributed by atoms with Crippen molar-refractivity contribution in [3.63, 3.8) is 0 Å². The molecule has 0 atom stereocenters. The molecule has 0 aliphatic carbocycles. The van der Waals surface area contributed by atoms with E-state index in [1.807, 2.05) is 42.5 Å². The lowest BCUT2D eigenvalue weighted by Crippen LogP contribution is -2.16. The maximum Gasteiger partial charge on any atom is 0.129 e. The fourth-order valence-electron chi connectivity index (χ4n) is 1.57. The van der Waals surface area contributed by atoms with Gasteiger partial charge in [-0.2, -0.15) is 0 Å². The Hall–Kier alpha value is -1.87. The van der Waals surface area contributed by atoms with Crippen LogP contribution in [0.2, 0.25) is 19.6 Å². The van der Waals surface area contributed by atoms with Crippen molar-refractivity contribution in [3.8, 4) is 22.6 Å². The van der Waals surface area contributed by atoms with Crippen LogP contribution >= 0.6 is 11.8 Å². The molecule has 2 heteroatoms. The summed E-state index contributed by atoms with van der Waals surface area (Å²) in [6.07, 6.45) is 0. The molecule has 0 heterocycles. The SMILES string of the molecule is C[Si](C)(C)C#Cc1ccccc1SC#Cc1ccccc1. The Bertz CT molecular complexity index is 719. The summed E-state index contributed by atoms with van der Waals surface area (Å²) >= 11 is 1.54. The standard InChI is InChI=1S/C19H18SSi/c1-21(2,3)16-14-18-11-7-8-12-19(18)20-15-13-17-9-5-4-6-10-17/h4-12H,1-3H3. The van der Waals surface area contributed by atoms with E-state index in [1.165, 1.54) is 0 Å². The van der Waals surface area contributed by atoms with Gasteiger partial charge in [-0.05, 0) is 41.3 Å². The van der Waals surface area contributed by atoms with Crippen molar-refractivity contribution in [3.05, 3.63) is 65.7 Å². The lowest BCUT2D eigenvalue weighted by atomic mass is 10.2. The molecule has 0 saturated heterocycles. The minimum atomic E-state index is -1.35. The van der Waals surface area contributed by atoms with E-state index < -0.39 is 8.07 Å².